The van der Waals surface area contributed by atoms with E-state index in [9.17, 15) is 4.79 Å². The summed E-state index contributed by atoms with van der Waals surface area (Å²) in [6.45, 7) is 2.24. The number of carbonyl (C=O) groups is 1. The quantitative estimate of drug-likeness (QED) is 0.644. The highest BCUT2D eigenvalue weighted by Gasteiger charge is 2.32. The number of fused-ring (bicyclic) bond motifs is 1. The molecule has 80 valence electrons. The van der Waals surface area contributed by atoms with Gasteiger partial charge in [0.05, 0.1) is 0 Å². The molecule has 1 heterocycles. The van der Waals surface area contributed by atoms with Gasteiger partial charge in [0.15, 0.2) is 0 Å². The Kier molecular flexibility index (Phi) is 3.57. The lowest BCUT2D eigenvalue weighted by Crippen LogP contribution is -2.47. The molecule has 0 radical (unpaired) electrons. The molecule has 2 atom stereocenters. The fourth-order valence-electron chi connectivity index (χ4n) is 3.22. The molecule has 0 N–H and O–H groups in total. The van der Waals surface area contributed by atoms with Crippen LogP contribution in [0.2, 0.25) is 0 Å². The molecule has 1 aliphatic heterocycles. The van der Waals surface area contributed by atoms with E-state index in [4.69, 9.17) is 0 Å². The molecule has 1 saturated carbocycles. The van der Waals surface area contributed by atoms with E-state index in [-0.39, 0.29) is 0 Å². The Bertz CT molecular complexity index is 191. The van der Waals surface area contributed by atoms with Gasteiger partial charge in [-0.25, -0.2) is 0 Å². The Labute approximate surface area is 86.7 Å². The van der Waals surface area contributed by atoms with Gasteiger partial charge >= 0.3 is 0 Å². The van der Waals surface area contributed by atoms with E-state index >= 15 is 0 Å². The first-order chi connectivity index (χ1) is 6.92. The van der Waals surface area contributed by atoms with Gasteiger partial charge in [-0.1, -0.05) is 12.8 Å². The summed E-state index contributed by atoms with van der Waals surface area (Å²) >= 11 is 0. The third-order valence-corrected chi connectivity index (χ3v) is 3.89. The smallest absolute Gasteiger partial charge is 0.121 e. The summed E-state index contributed by atoms with van der Waals surface area (Å²) < 4.78 is 0. The van der Waals surface area contributed by atoms with E-state index in [0.29, 0.717) is 0 Å². The molecule has 1 aliphatic carbocycles. The molecular weight excluding hydrogens is 174 g/mol. The monoisotopic (exact) mass is 195 g/mol. The van der Waals surface area contributed by atoms with Crippen molar-refractivity contribution in [3.05, 3.63) is 0 Å². The third-order valence-electron chi connectivity index (χ3n) is 3.89. The topological polar surface area (TPSA) is 20.3 Å². The zero-order valence-electron chi connectivity index (χ0n) is 8.95. The van der Waals surface area contributed by atoms with Crippen LogP contribution in [0.5, 0.6) is 0 Å². The Hall–Kier alpha value is -0.370. The molecular formula is C12H21NO. The number of piperidine rings is 1. The average Bonchev–Trinajstić information content (AvgIpc) is 2.26. The van der Waals surface area contributed by atoms with Gasteiger partial charge in [0.2, 0.25) is 0 Å². The Morgan fingerprint density at radius 3 is 2.79 bits per heavy atom. The molecule has 2 fully saturated rings. The van der Waals surface area contributed by atoms with E-state index in [1.54, 1.807) is 0 Å². The standard InChI is InChI=1S/C12H21NO/c14-10-4-9-13-8-3-6-11-5-1-2-7-12(11)13/h10-12H,1-9H2. The van der Waals surface area contributed by atoms with E-state index in [2.05, 4.69) is 4.90 Å². The summed E-state index contributed by atoms with van der Waals surface area (Å²) in [6.07, 6.45) is 10.2. The van der Waals surface area contributed by atoms with Gasteiger partial charge in [-0.3, -0.25) is 4.90 Å². The lowest BCUT2D eigenvalue weighted by atomic mass is 9.78. The molecule has 2 nitrogen and oxygen atoms in total. The maximum Gasteiger partial charge on any atom is 0.121 e. The minimum atomic E-state index is 0.725. The Morgan fingerprint density at radius 2 is 1.93 bits per heavy atom. The lowest BCUT2D eigenvalue weighted by molar-refractivity contribution is -0.108. The first kappa shape index (κ1) is 10.2. The zero-order valence-corrected chi connectivity index (χ0v) is 8.95. The third kappa shape index (κ3) is 2.17. The molecule has 14 heavy (non-hydrogen) atoms. The van der Waals surface area contributed by atoms with Crippen molar-refractivity contribution in [2.45, 2.75) is 51.0 Å². The molecule has 2 aliphatic rings. The summed E-state index contributed by atoms with van der Waals surface area (Å²) in [6, 6.07) is 0.817. The first-order valence-electron chi connectivity index (χ1n) is 6.09. The predicted molar refractivity (Wildman–Crippen MR) is 57.2 cm³/mol. The molecule has 0 aromatic rings. The SMILES string of the molecule is O=CCCN1CCCC2CCCCC21. The Balaban J connectivity index is 1.90. The van der Waals surface area contributed by atoms with Gasteiger partial charge in [0.25, 0.3) is 0 Å². The van der Waals surface area contributed by atoms with Crippen LogP contribution in [-0.4, -0.2) is 30.3 Å². The summed E-state index contributed by atoms with van der Waals surface area (Å²) in [7, 11) is 0. The lowest BCUT2D eigenvalue weighted by Gasteiger charge is -2.44. The van der Waals surface area contributed by atoms with Crippen LogP contribution in [0.3, 0.4) is 0 Å². The maximum atomic E-state index is 10.4. The molecule has 2 unspecified atom stereocenters. The molecule has 0 bridgehead atoms. The van der Waals surface area contributed by atoms with Crippen molar-refractivity contribution in [2.75, 3.05) is 13.1 Å². The number of hydrogen-bond donors (Lipinski definition) is 0. The normalized spacial score (nSPS) is 33.7. The van der Waals surface area contributed by atoms with Crippen LogP contribution in [0.15, 0.2) is 0 Å². The second-order valence-electron chi connectivity index (χ2n) is 4.75. The van der Waals surface area contributed by atoms with Gasteiger partial charge in [-0.05, 0) is 38.1 Å². The highest BCUT2D eigenvalue weighted by atomic mass is 16.1. The number of rotatable bonds is 3. The van der Waals surface area contributed by atoms with E-state index in [1.807, 2.05) is 0 Å². The van der Waals surface area contributed by atoms with Crippen molar-refractivity contribution in [3.63, 3.8) is 0 Å². The van der Waals surface area contributed by atoms with Crippen LogP contribution in [0.25, 0.3) is 0 Å². The minimum Gasteiger partial charge on any atom is -0.303 e. The van der Waals surface area contributed by atoms with Gasteiger partial charge in [-0.15, -0.1) is 0 Å². The number of aldehydes is 1. The van der Waals surface area contributed by atoms with Crippen molar-refractivity contribution < 1.29 is 4.79 Å². The highest BCUT2D eigenvalue weighted by molar-refractivity contribution is 5.49. The van der Waals surface area contributed by atoms with Gasteiger partial charge in [0, 0.05) is 19.0 Å². The second kappa shape index (κ2) is 4.92. The van der Waals surface area contributed by atoms with Gasteiger partial charge < -0.3 is 4.79 Å². The summed E-state index contributed by atoms with van der Waals surface area (Å²) in [5.41, 5.74) is 0. The fraction of sp³-hybridized carbons (Fsp3) is 0.917. The van der Waals surface area contributed by atoms with Crippen LogP contribution in [0.1, 0.15) is 44.9 Å². The summed E-state index contributed by atoms with van der Waals surface area (Å²) in [5, 5.41) is 0. The number of hydrogen-bond acceptors (Lipinski definition) is 2. The van der Waals surface area contributed by atoms with Crippen LogP contribution < -0.4 is 0 Å². The van der Waals surface area contributed by atoms with Gasteiger partial charge in [-0.2, -0.15) is 0 Å². The molecule has 0 aromatic heterocycles. The first-order valence-corrected chi connectivity index (χ1v) is 6.09. The van der Waals surface area contributed by atoms with Crippen LogP contribution in [0, 0.1) is 5.92 Å². The van der Waals surface area contributed by atoms with Gasteiger partial charge in [0.1, 0.15) is 6.29 Å². The van der Waals surface area contributed by atoms with Crippen molar-refractivity contribution in [1.82, 2.24) is 4.90 Å². The van der Waals surface area contributed by atoms with E-state index < -0.39 is 0 Å². The highest BCUT2D eigenvalue weighted by Crippen LogP contribution is 2.34. The van der Waals surface area contributed by atoms with Crippen molar-refractivity contribution in [2.24, 2.45) is 5.92 Å². The predicted octanol–water partition coefficient (Wildman–Crippen LogP) is 2.23. The number of carbonyl (C=O) groups excluding carboxylic acids is 1. The molecule has 2 heteroatoms. The van der Waals surface area contributed by atoms with Crippen molar-refractivity contribution >= 4 is 6.29 Å². The zero-order chi connectivity index (χ0) is 9.80. The van der Waals surface area contributed by atoms with Crippen molar-refractivity contribution in [3.8, 4) is 0 Å². The van der Waals surface area contributed by atoms with E-state index in [1.165, 1.54) is 45.1 Å². The maximum absolute atomic E-state index is 10.4. The second-order valence-corrected chi connectivity index (χ2v) is 4.75. The van der Waals surface area contributed by atoms with Crippen LogP contribution >= 0.6 is 0 Å². The minimum absolute atomic E-state index is 0.725. The molecule has 2 rings (SSSR count). The molecule has 0 spiro atoms. The molecule has 0 aromatic carbocycles. The van der Waals surface area contributed by atoms with Crippen molar-refractivity contribution in [1.29, 1.82) is 0 Å². The fourth-order valence-corrected chi connectivity index (χ4v) is 3.22. The largest absolute Gasteiger partial charge is 0.303 e. The molecule has 0 amide bonds. The number of nitrogens with zero attached hydrogens (tertiary/aromatic N) is 1. The van der Waals surface area contributed by atoms with E-state index in [0.717, 1.165) is 31.2 Å². The van der Waals surface area contributed by atoms with Crippen LogP contribution in [0.4, 0.5) is 0 Å². The van der Waals surface area contributed by atoms with Crippen LogP contribution in [-0.2, 0) is 4.79 Å². The average molecular weight is 195 g/mol. The summed E-state index contributed by atoms with van der Waals surface area (Å²) in [5.74, 6) is 0.948. The Morgan fingerprint density at radius 1 is 1.14 bits per heavy atom. The molecule has 1 saturated heterocycles. The summed E-state index contributed by atoms with van der Waals surface area (Å²) in [4.78, 5) is 13.0. The number of likely N-dealkylation sites (tertiary alicyclic amines) is 1.